The molecule has 0 amide bonds. The van der Waals surface area contributed by atoms with Gasteiger partial charge in [0.1, 0.15) is 5.75 Å². The highest BCUT2D eigenvalue weighted by Crippen LogP contribution is 2.20. The number of hydrogen-bond donors (Lipinski definition) is 0. The Morgan fingerprint density at radius 2 is 2.19 bits per heavy atom. The van der Waals surface area contributed by atoms with Gasteiger partial charge in [-0.15, -0.1) is 11.6 Å². The van der Waals surface area contributed by atoms with E-state index in [0.717, 1.165) is 17.7 Å². The van der Waals surface area contributed by atoms with Gasteiger partial charge in [-0.1, -0.05) is 0 Å². The van der Waals surface area contributed by atoms with Crippen LogP contribution < -0.4 is 4.74 Å². The van der Waals surface area contributed by atoms with Gasteiger partial charge >= 0.3 is 0 Å². The summed E-state index contributed by atoms with van der Waals surface area (Å²) in [5.41, 5.74) is 0.758. The number of ether oxygens (including phenoxy) is 2. The second-order valence-electron chi connectivity index (χ2n) is 4.18. The first-order valence-electron chi connectivity index (χ1n) is 5.26. The Labute approximate surface area is 102 Å². The Hall–Kier alpha value is -0.800. The largest absolute Gasteiger partial charge is 0.493 e. The van der Waals surface area contributed by atoms with E-state index < -0.39 is 0 Å². The maximum atomic E-state index is 5.78. The topological polar surface area (TPSA) is 31.4 Å². The molecule has 16 heavy (non-hydrogen) atoms. The molecule has 0 saturated heterocycles. The molecule has 0 atom stereocenters. The van der Waals surface area contributed by atoms with Gasteiger partial charge < -0.3 is 9.47 Å². The molecular weight excluding hydrogens is 226 g/mol. The summed E-state index contributed by atoms with van der Waals surface area (Å²) >= 11 is 5.78. The number of hydrogen-bond acceptors (Lipinski definition) is 3. The number of pyridine rings is 1. The molecule has 0 aliphatic heterocycles. The summed E-state index contributed by atoms with van der Waals surface area (Å²) in [6.07, 6.45) is 4.25. The smallest absolute Gasteiger partial charge is 0.126 e. The minimum absolute atomic E-state index is 0.159. The van der Waals surface area contributed by atoms with E-state index in [-0.39, 0.29) is 5.60 Å². The van der Waals surface area contributed by atoms with Crippen LogP contribution in [0.15, 0.2) is 18.5 Å². The first-order valence-corrected chi connectivity index (χ1v) is 5.79. The van der Waals surface area contributed by atoms with Crippen molar-refractivity contribution in [2.24, 2.45) is 0 Å². The SMILES string of the molecule is COC(C)(C)CCOc1ccncc1CCl. The summed E-state index contributed by atoms with van der Waals surface area (Å²) in [5.74, 6) is 1.22. The molecular formula is C12H18ClNO2. The predicted octanol–water partition coefficient (Wildman–Crippen LogP) is 3.01. The molecule has 1 aromatic heterocycles. The van der Waals surface area contributed by atoms with E-state index in [2.05, 4.69) is 4.98 Å². The molecule has 1 heterocycles. The van der Waals surface area contributed by atoms with Crippen molar-refractivity contribution < 1.29 is 9.47 Å². The van der Waals surface area contributed by atoms with Crippen LogP contribution >= 0.6 is 11.6 Å². The summed E-state index contributed by atoms with van der Waals surface area (Å²) in [5, 5.41) is 0. The summed E-state index contributed by atoms with van der Waals surface area (Å²) in [7, 11) is 1.70. The predicted molar refractivity (Wildman–Crippen MR) is 65.0 cm³/mol. The minimum atomic E-state index is -0.159. The molecule has 0 saturated carbocycles. The fraction of sp³-hybridized carbons (Fsp3) is 0.583. The van der Waals surface area contributed by atoms with Crippen LogP contribution in [0.4, 0.5) is 0 Å². The monoisotopic (exact) mass is 243 g/mol. The van der Waals surface area contributed by atoms with Crippen molar-refractivity contribution >= 4 is 11.6 Å². The lowest BCUT2D eigenvalue weighted by Gasteiger charge is -2.22. The van der Waals surface area contributed by atoms with E-state index in [9.17, 15) is 0 Å². The molecule has 0 aliphatic carbocycles. The van der Waals surface area contributed by atoms with Crippen molar-refractivity contribution in [2.75, 3.05) is 13.7 Å². The summed E-state index contributed by atoms with van der Waals surface area (Å²) < 4.78 is 11.0. The average molecular weight is 244 g/mol. The van der Waals surface area contributed by atoms with Crippen LogP contribution in [0.1, 0.15) is 25.8 Å². The van der Waals surface area contributed by atoms with Gasteiger partial charge in [-0.05, 0) is 19.9 Å². The minimum Gasteiger partial charge on any atom is -0.493 e. The quantitative estimate of drug-likeness (QED) is 0.720. The lowest BCUT2D eigenvalue weighted by atomic mass is 10.1. The van der Waals surface area contributed by atoms with Gasteiger partial charge in [-0.25, -0.2) is 0 Å². The molecule has 90 valence electrons. The molecule has 0 unspecified atom stereocenters. The Morgan fingerprint density at radius 1 is 1.44 bits per heavy atom. The summed E-state index contributed by atoms with van der Waals surface area (Å²) in [6.45, 7) is 4.67. The normalized spacial score (nSPS) is 11.5. The first kappa shape index (κ1) is 13.3. The molecule has 0 radical (unpaired) electrons. The van der Waals surface area contributed by atoms with Crippen LogP contribution in [0.3, 0.4) is 0 Å². The van der Waals surface area contributed by atoms with Gasteiger partial charge in [-0.2, -0.15) is 0 Å². The van der Waals surface area contributed by atoms with E-state index in [1.807, 2.05) is 19.9 Å². The van der Waals surface area contributed by atoms with Crippen LogP contribution in [0.25, 0.3) is 0 Å². The van der Waals surface area contributed by atoms with Crippen LogP contribution in [-0.4, -0.2) is 24.3 Å². The Bertz CT molecular complexity index is 329. The van der Waals surface area contributed by atoms with Gasteiger partial charge in [0.05, 0.1) is 18.1 Å². The van der Waals surface area contributed by atoms with E-state index in [1.54, 1.807) is 19.5 Å². The molecule has 0 bridgehead atoms. The highest BCUT2D eigenvalue weighted by Gasteiger charge is 2.16. The standard InChI is InChI=1S/C12H18ClNO2/c1-12(2,15-3)5-7-16-11-4-6-14-9-10(11)8-13/h4,6,9H,5,7-8H2,1-3H3. The Kier molecular flexibility index (Phi) is 5.03. The van der Waals surface area contributed by atoms with Crippen molar-refractivity contribution in [3.8, 4) is 5.75 Å². The first-order chi connectivity index (χ1) is 7.59. The number of rotatable bonds is 6. The zero-order valence-corrected chi connectivity index (χ0v) is 10.8. The van der Waals surface area contributed by atoms with Crippen LogP contribution in [0, 0.1) is 0 Å². The fourth-order valence-electron chi connectivity index (χ4n) is 1.16. The zero-order valence-electron chi connectivity index (χ0n) is 10.00. The van der Waals surface area contributed by atoms with Gasteiger partial charge in [0, 0.05) is 31.5 Å². The third kappa shape index (κ3) is 3.99. The number of methoxy groups -OCH3 is 1. The van der Waals surface area contributed by atoms with Crippen molar-refractivity contribution in [1.29, 1.82) is 0 Å². The van der Waals surface area contributed by atoms with Gasteiger partial charge in [0.15, 0.2) is 0 Å². The highest BCUT2D eigenvalue weighted by molar-refractivity contribution is 6.17. The Morgan fingerprint density at radius 3 is 2.81 bits per heavy atom. The average Bonchev–Trinajstić information content (AvgIpc) is 2.29. The lowest BCUT2D eigenvalue weighted by molar-refractivity contribution is 0.00539. The number of alkyl halides is 1. The third-order valence-electron chi connectivity index (χ3n) is 2.52. The van der Waals surface area contributed by atoms with E-state index >= 15 is 0 Å². The van der Waals surface area contributed by atoms with E-state index in [0.29, 0.717) is 12.5 Å². The second-order valence-corrected chi connectivity index (χ2v) is 4.45. The molecule has 0 fully saturated rings. The number of halogens is 1. The summed E-state index contributed by atoms with van der Waals surface area (Å²) in [4.78, 5) is 4.00. The van der Waals surface area contributed by atoms with Gasteiger partial charge in [0.2, 0.25) is 0 Å². The van der Waals surface area contributed by atoms with Gasteiger partial charge in [0.25, 0.3) is 0 Å². The van der Waals surface area contributed by atoms with Gasteiger partial charge in [-0.3, -0.25) is 4.98 Å². The maximum absolute atomic E-state index is 5.78. The maximum Gasteiger partial charge on any atom is 0.126 e. The summed E-state index contributed by atoms with van der Waals surface area (Å²) in [6, 6.07) is 1.83. The third-order valence-corrected chi connectivity index (χ3v) is 2.81. The van der Waals surface area contributed by atoms with E-state index in [4.69, 9.17) is 21.1 Å². The number of nitrogens with zero attached hydrogens (tertiary/aromatic N) is 1. The lowest BCUT2D eigenvalue weighted by Crippen LogP contribution is -2.25. The molecule has 0 aliphatic rings. The highest BCUT2D eigenvalue weighted by atomic mass is 35.5. The number of aromatic nitrogens is 1. The zero-order chi connectivity index (χ0) is 12.0. The molecule has 1 rings (SSSR count). The molecule has 3 nitrogen and oxygen atoms in total. The van der Waals surface area contributed by atoms with Crippen molar-refractivity contribution in [3.63, 3.8) is 0 Å². The van der Waals surface area contributed by atoms with Crippen LogP contribution in [0.2, 0.25) is 0 Å². The second kappa shape index (κ2) is 6.06. The molecule has 4 heteroatoms. The Balaban J connectivity index is 2.49. The van der Waals surface area contributed by atoms with Crippen molar-refractivity contribution in [1.82, 2.24) is 4.98 Å². The fourth-order valence-corrected chi connectivity index (χ4v) is 1.37. The van der Waals surface area contributed by atoms with Crippen molar-refractivity contribution in [3.05, 3.63) is 24.0 Å². The van der Waals surface area contributed by atoms with Crippen LogP contribution in [-0.2, 0) is 10.6 Å². The van der Waals surface area contributed by atoms with Crippen LogP contribution in [0.5, 0.6) is 5.75 Å². The van der Waals surface area contributed by atoms with Crippen molar-refractivity contribution in [2.45, 2.75) is 31.7 Å². The molecule has 0 spiro atoms. The molecule has 1 aromatic rings. The molecule has 0 aromatic carbocycles. The molecule has 0 N–H and O–H groups in total. The van der Waals surface area contributed by atoms with E-state index in [1.165, 1.54) is 0 Å².